The number of carbonyl (C=O) groups excluding carboxylic acids is 4. The number of fused-ring (bicyclic) bond motifs is 1. The van der Waals surface area contributed by atoms with Crippen molar-refractivity contribution in [2.24, 2.45) is 5.73 Å². The van der Waals surface area contributed by atoms with Gasteiger partial charge in [-0.15, -0.1) is 0 Å². The molecule has 1 atom stereocenters. The van der Waals surface area contributed by atoms with E-state index in [9.17, 15) is 19.2 Å². The van der Waals surface area contributed by atoms with Gasteiger partial charge in [0.1, 0.15) is 0 Å². The molecular formula is C28H25ClN4O7. The Morgan fingerprint density at radius 3 is 2.42 bits per heavy atom. The van der Waals surface area contributed by atoms with E-state index in [1.807, 2.05) is 0 Å². The molecule has 4 rings (SSSR count). The van der Waals surface area contributed by atoms with Gasteiger partial charge in [0, 0.05) is 42.5 Å². The number of carbonyl (C=O) groups is 4. The zero-order valence-corrected chi connectivity index (χ0v) is 22.5. The Bertz CT molecular complexity index is 1600. The first-order valence-corrected chi connectivity index (χ1v) is 12.5. The van der Waals surface area contributed by atoms with Crippen molar-refractivity contribution in [1.82, 2.24) is 9.61 Å². The van der Waals surface area contributed by atoms with Crippen LogP contribution in [0.15, 0.2) is 67.0 Å². The minimum absolute atomic E-state index is 0.0222. The van der Waals surface area contributed by atoms with Gasteiger partial charge in [0.2, 0.25) is 12.2 Å². The van der Waals surface area contributed by atoms with E-state index in [-0.39, 0.29) is 23.1 Å². The van der Waals surface area contributed by atoms with Crippen LogP contribution in [0.2, 0.25) is 5.02 Å². The molecule has 206 valence electrons. The number of pyridine rings is 1. The van der Waals surface area contributed by atoms with Crippen molar-refractivity contribution in [1.29, 1.82) is 0 Å². The summed E-state index contributed by atoms with van der Waals surface area (Å²) in [6, 6.07) is 14.5. The maximum Gasteiger partial charge on any atom is 0.511 e. The van der Waals surface area contributed by atoms with Crippen molar-refractivity contribution < 1.29 is 33.4 Å². The number of aromatic nitrogens is 2. The van der Waals surface area contributed by atoms with E-state index in [1.165, 1.54) is 24.0 Å². The predicted octanol–water partition coefficient (Wildman–Crippen LogP) is 4.71. The molecule has 2 aromatic heterocycles. The Kier molecular flexibility index (Phi) is 8.34. The number of ether oxygens (including phenoxy) is 3. The number of amides is 2. The third-order valence-corrected chi connectivity index (χ3v) is 6.24. The molecule has 1 unspecified atom stereocenters. The zero-order valence-electron chi connectivity index (χ0n) is 21.8. The molecule has 0 fully saturated rings. The van der Waals surface area contributed by atoms with Crippen molar-refractivity contribution in [3.8, 4) is 11.1 Å². The van der Waals surface area contributed by atoms with Gasteiger partial charge in [0.15, 0.2) is 0 Å². The first-order chi connectivity index (χ1) is 19.1. The van der Waals surface area contributed by atoms with Crippen LogP contribution < -0.4 is 10.6 Å². The van der Waals surface area contributed by atoms with E-state index in [0.29, 0.717) is 22.3 Å². The summed E-state index contributed by atoms with van der Waals surface area (Å²) in [7, 11) is 1.55. The number of nitrogens with zero attached hydrogens (tertiary/aromatic N) is 3. The second-order valence-corrected chi connectivity index (χ2v) is 8.95. The lowest BCUT2D eigenvalue weighted by atomic mass is 10.0. The Labute approximate surface area is 234 Å². The monoisotopic (exact) mass is 564 g/mol. The molecule has 0 bridgehead atoms. The van der Waals surface area contributed by atoms with Crippen LogP contribution in [0.4, 0.5) is 10.5 Å². The molecule has 0 aliphatic rings. The summed E-state index contributed by atoms with van der Waals surface area (Å²) in [4.78, 5) is 50.4. The van der Waals surface area contributed by atoms with Gasteiger partial charge in [-0.1, -0.05) is 23.7 Å². The summed E-state index contributed by atoms with van der Waals surface area (Å²) in [6.45, 7) is 3.07. The summed E-state index contributed by atoms with van der Waals surface area (Å²) in [5.41, 5.74) is 8.64. The average Bonchev–Trinajstić information content (AvgIpc) is 3.35. The van der Waals surface area contributed by atoms with Crippen molar-refractivity contribution >= 4 is 46.7 Å². The largest absolute Gasteiger partial charge is 0.511 e. The van der Waals surface area contributed by atoms with E-state index in [4.69, 9.17) is 26.8 Å². The molecule has 0 aliphatic carbocycles. The Morgan fingerprint density at radius 2 is 1.75 bits per heavy atom. The lowest BCUT2D eigenvalue weighted by Crippen LogP contribution is -2.27. The summed E-state index contributed by atoms with van der Waals surface area (Å²) in [6.07, 6.45) is 1.12. The number of benzene rings is 2. The molecule has 2 N–H and O–H groups in total. The standard InChI is InChI=1S/C28H25ClN4O7/c1-4-38-28(37)40-16(2)39-27(36)21-14-20(9-10-23(21)29)32(3)26(35)19-11-12-33-24(13-19)22(15-31-33)17-5-7-18(8-6-17)25(30)34/h5-16H,4H2,1-3H3,(H2,30,34). The van der Waals surface area contributed by atoms with Gasteiger partial charge >= 0.3 is 12.1 Å². The topological polar surface area (TPSA) is 143 Å². The number of primary amides is 1. The number of hydrogen-bond acceptors (Lipinski definition) is 8. The molecule has 2 amide bonds. The molecular weight excluding hydrogens is 540 g/mol. The highest BCUT2D eigenvalue weighted by Gasteiger charge is 2.22. The smallest absolute Gasteiger partial charge is 0.435 e. The van der Waals surface area contributed by atoms with Crippen molar-refractivity contribution in [3.05, 3.63) is 88.7 Å². The number of esters is 1. The molecule has 2 aromatic carbocycles. The maximum absolute atomic E-state index is 13.4. The van der Waals surface area contributed by atoms with Crippen molar-refractivity contribution in [3.63, 3.8) is 0 Å². The summed E-state index contributed by atoms with van der Waals surface area (Å²) >= 11 is 6.21. The van der Waals surface area contributed by atoms with Crippen LogP contribution in [0, 0.1) is 0 Å². The van der Waals surface area contributed by atoms with E-state index in [2.05, 4.69) is 9.84 Å². The van der Waals surface area contributed by atoms with Gasteiger partial charge in [-0.2, -0.15) is 5.10 Å². The molecule has 0 aliphatic heterocycles. The van der Waals surface area contributed by atoms with E-state index in [1.54, 1.807) is 73.3 Å². The minimum Gasteiger partial charge on any atom is -0.435 e. The van der Waals surface area contributed by atoms with Gasteiger partial charge in [0.25, 0.3) is 5.91 Å². The van der Waals surface area contributed by atoms with Gasteiger partial charge in [0.05, 0.1) is 28.9 Å². The Balaban J connectivity index is 1.56. The second kappa shape index (κ2) is 11.9. The quantitative estimate of drug-likeness (QED) is 0.239. The van der Waals surface area contributed by atoms with Crippen LogP contribution in [0.25, 0.3) is 16.6 Å². The van der Waals surface area contributed by atoms with Crippen LogP contribution in [-0.4, -0.2) is 53.5 Å². The fourth-order valence-electron chi connectivity index (χ4n) is 3.87. The Morgan fingerprint density at radius 1 is 1.02 bits per heavy atom. The highest BCUT2D eigenvalue weighted by Crippen LogP contribution is 2.28. The first-order valence-electron chi connectivity index (χ1n) is 12.1. The van der Waals surface area contributed by atoms with Gasteiger partial charge in [-0.3, -0.25) is 9.59 Å². The molecule has 40 heavy (non-hydrogen) atoms. The van der Waals surface area contributed by atoms with Crippen molar-refractivity contribution in [2.75, 3.05) is 18.6 Å². The summed E-state index contributed by atoms with van der Waals surface area (Å²) in [5.74, 6) is -1.74. The summed E-state index contributed by atoms with van der Waals surface area (Å²) < 4.78 is 16.3. The summed E-state index contributed by atoms with van der Waals surface area (Å²) in [5, 5.41) is 4.43. The normalized spacial score (nSPS) is 11.5. The number of hydrogen-bond donors (Lipinski definition) is 1. The number of anilines is 1. The first kappa shape index (κ1) is 28.1. The highest BCUT2D eigenvalue weighted by molar-refractivity contribution is 6.33. The molecule has 0 spiro atoms. The van der Waals surface area contributed by atoms with Crippen LogP contribution in [-0.2, 0) is 14.2 Å². The molecule has 2 heterocycles. The fraction of sp³-hybridized carbons (Fsp3) is 0.179. The van der Waals surface area contributed by atoms with Gasteiger partial charge < -0.3 is 24.8 Å². The third kappa shape index (κ3) is 6.05. The van der Waals surface area contributed by atoms with E-state index in [0.717, 1.165) is 11.1 Å². The van der Waals surface area contributed by atoms with E-state index < -0.39 is 24.3 Å². The minimum atomic E-state index is -1.23. The molecule has 0 saturated heterocycles. The molecule has 4 aromatic rings. The zero-order chi connectivity index (χ0) is 29.0. The lowest BCUT2D eigenvalue weighted by Gasteiger charge is -2.19. The number of halogens is 1. The third-order valence-electron chi connectivity index (χ3n) is 5.91. The highest BCUT2D eigenvalue weighted by atomic mass is 35.5. The number of nitrogens with two attached hydrogens (primary N) is 1. The van der Waals surface area contributed by atoms with E-state index >= 15 is 0 Å². The van der Waals surface area contributed by atoms with Crippen molar-refractivity contribution in [2.45, 2.75) is 20.1 Å². The lowest BCUT2D eigenvalue weighted by molar-refractivity contribution is -0.0811. The maximum atomic E-state index is 13.4. The predicted molar refractivity (Wildman–Crippen MR) is 146 cm³/mol. The van der Waals surface area contributed by atoms with Crippen LogP contribution in [0.5, 0.6) is 0 Å². The van der Waals surface area contributed by atoms with Gasteiger partial charge in [-0.25, -0.2) is 14.1 Å². The molecule has 0 saturated carbocycles. The van der Waals surface area contributed by atoms with Gasteiger partial charge in [-0.05, 0) is 55.0 Å². The SMILES string of the molecule is CCOC(=O)OC(C)OC(=O)c1cc(N(C)C(=O)c2ccn3ncc(-c4ccc(C(N)=O)cc4)c3c2)ccc1Cl. The van der Waals surface area contributed by atoms with Crippen LogP contribution in [0.3, 0.4) is 0 Å². The molecule has 0 radical (unpaired) electrons. The molecule has 11 nitrogen and oxygen atoms in total. The van der Waals surface area contributed by atoms with Crippen LogP contribution in [0.1, 0.15) is 44.9 Å². The Hall–Kier alpha value is -4.90. The number of rotatable bonds is 8. The van der Waals surface area contributed by atoms with Crippen LogP contribution >= 0.6 is 11.6 Å². The fourth-order valence-corrected chi connectivity index (χ4v) is 4.06. The second-order valence-electron chi connectivity index (χ2n) is 8.55. The molecule has 12 heteroatoms. The average molecular weight is 565 g/mol.